The van der Waals surface area contributed by atoms with Gasteiger partial charge in [0.25, 0.3) is 0 Å². The minimum Gasteiger partial charge on any atom is -0.445 e. The summed E-state index contributed by atoms with van der Waals surface area (Å²) in [4.78, 5) is 24.6. The van der Waals surface area contributed by atoms with Crippen molar-refractivity contribution in [1.82, 2.24) is 10.6 Å². The number of benzene rings is 2. The van der Waals surface area contributed by atoms with Crippen LogP contribution >= 0.6 is 0 Å². The Morgan fingerprint density at radius 3 is 2.07 bits per heavy atom. The Labute approximate surface area is 164 Å². The summed E-state index contributed by atoms with van der Waals surface area (Å²) >= 11 is 0. The van der Waals surface area contributed by atoms with Crippen LogP contribution in [0, 0.1) is 0 Å². The summed E-state index contributed by atoms with van der Waals surface area (Å²) < 4.78 is 5.13. The van der Waals surface area contributed by atoms with Crippen LogP contribution in [0.3, 0.4) is 0 Å². The van der Waals surface area contributed by atoms with Gasteiger partial charge in [0.2, 0.25) is 5.91 Å². The molecular weight excluding hydrogens is 359 g/mol. The summed E-state index contributed by atoms with van der Waals surface area (Å²) in [7, 11) is -1.75. The molecule has 0 radical (unpaired) electrons. The van der Waals surface area contributed by atoms with E-state index in [1.165, 1.54) is 13.8 Å². The second-order valence-corrected chi connectivity index (χ2v) is 7.00. The molecule has 0 saturated carbocycles. The molecule has 0 aromatic heterocycles. The highest BCUT2D eigenvalue weighted by Gasteiger charge is 2.34. The van der Waals surface area contributed by atoms with E-state index in [0.29, 0.717) is 0 Å². The van der Waals surface area contributed by atoms with Gasteiger partial charge in [-0.2, -0.15) is 0 Å². The molecule has 2 aromatic rings. The maximum atomic E-state index is 12.6. The number of hydrogen-bond donors (Lipinski definition) is 4. The predicted molar refractivity (Wildman–Crippen MR) is 106 cm³/mol. The third-order valence-electron chi connectivity index (χ3n) is 4.17. The van der Waals surface area contributed by atoms with Crippen molar-refractivity contribution < 1.29 is 24.4 Å². The number of amides is 2. The van der Waals surface area contributed by atoms with Crippen LogP contribution in [-0.2, 0) is 22.6 Å². The highest BCUT2D eigenvalue weighted by atomic mass is 16.5. The lowest BCUT2D eigenvalue weighted by Crippen LogP contribution is -2.59. The fourth-order valence-electron chi connectivity index (χ4n) is 2.52. The number of nitrogens with one attached hydrogen (secondary N) is 2. The molecule has 7 nitrogen and oxygen atoms in total. The quantitative estimate of drug-likeness (QED) is 0.515. The lowest BCUT2D eigenvalue weighted by molar-refractivity contribution is -0.126. The first-order chi connectivity index (χ1) is 13.3. The number of carbonyl (C=O) groups excluding carboxylic acids is 2. The van der Waals surface area contributed by atoms with Gasteiger partial charge in [-0.05, 0) is 31.4 Å². The van der Waals surface area contributed by atoms with E-state index < -0.39 is 30.6 Å². The molecule has 8 heteroatoms. The van der Waals surface area contributed by atoms with Gasteiger partial charge in [-0.15, -0.1) is 0 Å². The Bertz CT molecular complexity index is 769. The van der Waals surface area contributed by atoms with Gasteiger partial charge in [0, 0.05) is 0 Å². The normalized spacial score (nSPS) is 12.0. The fourth-order valence-corrected chi connectivity index (χ4v) is 2.52. The zero-order valence-electron chi connectivity index (χ0n) is 16.0. The van der Waals surface area contributed by atoms with Crippen molar-refractivity contribution in [2.75, 3.05) is 0 Å². The summed E-state index contributed by atoms with van der Waals surface area (Å²) in [5, 5.41) is 24.3. The van der Waals surface area contributed by atoms with Crippen molar-refractivity contribution in [2.24, 2.45) is 0 Å². The molecule has 0 fully saturated rings. The predicted octanol–water partition coefficient (Wildman–Crippen LogP) is 1.43. The number of hydrogen-bond acceptors (Lipinski definition) is 5. The average molecular weight is 384 g/mol. The van der Waals surface area contributed by atoms with Crippen LogP contribution in [-0.4, -0.2) is 40.6 Å². The maximum Gasteiger partial charge on any atom is 0.475 e. The van der Waals surface area contributed by atoms with E-state index in [1.807, 2.05) is 60.7 Å². The van der Waals surface area contributed by atoms with Gasteiger partial charge in [-0.25, -0.2) is 4.79 Å². The second kappa shape index (κ2) is 9.91. The number of ether oxygens (including phenoxy) is 1. The van der Waals surface area contributed by atoms with Crippen LogP contribution in [0.15, 0.2) is 60.7 Å². The van der Waals surface area contributed by atoms with Crippen LogP contribution in [0.2, 0.25) is 0 Å². The standard InChI is InChI=1S/C20H25BN2O5/c1-20(2,23-19(25)28-14-16-11-7-4-8-12-16)18(24)22-17(21(26)27)13-15-9-5-3-6-10-15/h3-12,17,26-27H,13-14H2,1-2H3,(H,22,24)(H,23,25)/t17-/m1/s1. The Morgan fingerprint density at radius 2 is 1.54 bits per heavy atom. The molecule has 28 heavy (non-hydrogen) atoms. The van der Waals surface area contributed by atoms with Crippen molar-refractivity contribution in [3.63, 3.8) is 0 Å². The second-order valence-electron chi connectivity index (χ2n) is 7.00. The Morgan fingerprint density at radius 1 is 1.00 bits per heavy atom. The van der Waals surface area contributed by atoms with E-state index in [9.17, 15) is 19.6 Å². The highest BCUT2D eigenvalue weighted by Crippen LogP contribution is 2.09. The first-order valence-corrected chi connectivity index (χ1v) is 8.98. The van der Waals surface area contributed by atoms with E-state index in [4.69, 9.17) is 4.74 Å². The Kier molecular flexibility index (Phi) is 7.60. The van der Waals surface area contributed by atoms with Crippen LogP contribution in [0.5, 0.6) is 0 Å². The van der Waals surface area contributed by atoms with Crippen molar-refractivity contribution >= 4 is 19.1 Å². The lowest BCUT2D eigenvalue weighted by atomic mass is 9.75. The summed E-state index contributed by atoms with van der Waals surface area (Å²) in [6.07, 6.45) is -0.508. The first kappa shape index (κ1) is 21.5. The van der Waals surface area contributed by atoms with Gasteiger partial charge in [-0.1, -0.05) is 60.7 Å². The monoisotopic (exact) mass is 384 g/mol. The van der Waals surface area contributed by atoms with E-state index in [-0.39, 0.29) is 13.0 Å². The molecule has 148 valence electrons. The molecule has 1 atom stereocenters. The summed E-state index contributed by atoms with van der Waals surface area (Å²) in [6, 6.07) is 18.3. The fraction of sp³-hybridized carbons (Fsp3) is 0.300. The number of alkyl carbamates (subject to hydrolysis) is 1. The molecule has 4 N–H and O–H groups in total. The maximum absolute atomic E-state index is 12.6. The van der Waals surface area contributed by atoms with Crippen LogP contribution in [0.25, 0.3) is 0 Å². The highest BCUT2D eigenvalue weighted by molar-refractivity contribution is 6.43. The van der Waals surface area contributed by atoms with Crippen LogP contribution < -0.4 is 10.6 Å². The zero-order chi connectivity index (χ0) is 20.6. The van der Waals surface area contributed by atoms with Crippen LogP contribution in [0.4, 0.5) is 4.79 Å². The molecule has 2 aromatic carbocycles. The van der Waals surface area contributed by atoms with E-state index in [2.05, 4.69) is 10.6 Å². The van der Waals surface area contributed by atoms with E-state index in [1.54, 1.807) is 0 Å². The molecule has 0 heterocycles. The van der Waals surface area contributed by atoms with E-state index >= 15 is 0 Å². The van der Waals surface area contributed by atoms with Crippen molar-refractivity contribution in [3.8, 4) is 0 Å². The third kappa shape index (κ3) is 6.72. The van der Waals surface area contributed by atoms with Gasteiger partial charge in [0.05, 0.1) is 5.94 Å². The molecule has 0 aliphatic carbocycles. The summed E-state index contributed by atoms with van der Waals surface area (Å²) in [5.74, 6) is -1.48. The molecular formula is C20H25BN2O5. The molecule has 0 spiro atoms. The zero-order valence-corrected chi connectivity index (χ0v) is 16.0. The smallest absolute Gasteiger partial charge is 0.445 e. The Hall–Kier alpha value is -2.84. The average Bonchev–Trinajstić information content (AvgIpc) is 2.67. The topological polar surface area (TPSA) is 108 Å². The SMILES string of the molecule is CC(C)(NC(=O)OCc1ccccc1)C(=O)N[C@H](Cc1ccccc1)B(O)O. The molecule has 0 unspecified atom stereocenters. The van der Waals surface area contributed by atoms with Gasteiger partial charge >= 0.3 is 13.2 Å². The first-order valence-electron chi connectivity index (χ1n) is 8.98. The molecule has 0 aliphatic heterocycles. The van der Waals surface area contributed by atoms with Gasteiger partial charge in [0.15, 0.2) is 0 Å². The van der Waals surface area contributed by atoms with Crippen molar-refractivity contribution in [1.29, 1.82) is 0 Å². The molecule has 2 rings (SSSR count). The molecule has 0 aliphatic rings. The van der Waals surface area contributed by atoms with Crippen molar-refractivity contribution in [2.45, 2.75) is 38.4 Å². The molecule has 0 bridgehead atoms. The minimum absolute atomic E-state index is 0.0797. The molecule has 2 amide bonds. The summed E-state index contributed by atoms with van der Waals surface area (Å²) in [6.45, 7) is 3.10. The van der Waals surface area contributed by atoms with Gasteiger partial charge in [-0.3, -0.25) is 4.79 Å². The third-order valence-corrected chi connectivity index (χ3v) is 4.17. The van der Waals surface area contributed by atoms with E-state index in [0.717, 1.165) is 11.1 Å². The van der Waals surface area contributed by atoms with Gasteiger partial charge < -0.3 is 25.4 Å². The number of carbonyl (C=O) groups is 2. The molecule has 0 saturated heterocycles. The summed E-state index contributed by atoms with van der Waals surface area (Å²) in [5.41, 5.74) is 0.359. The largest absolute Gasteiger partial charge is 0.475 e. The van der Waals surface area contributed by atoms with Crippen LogP contribution in [0.1, 0.15) is 25.0 Å². The van der Waals surface area contributed by atoms with Gasteiger partial charge in [0.1, 0.15) is 12.1 Å². The Balaban J connectivity index is 1.91. The number of rotatable bonds is 8. The van der Waals surface area contributed by atoms with Crippen molar-refractivity contribution in [3.05, 3.63) is 71.8 Å². The minimum atomic E-state index is -1.75. The lowest BCUT2D eigenvalue weighted by Gasteiger charge is -2.28.